The number of amides is 1. The fourth-order valence-corrected chi connectivity index (χ4v) is 2.82. The van der Waals surface area contributed by atoms with Crippen LogP contribution in [-0.4, -0.2) is 35.4 Å². The van der Waals surface area contributed by atoms with Gasteiger partial charge in [0.1, 0.15) is 11.9 Å². The lowest BCUT2D eigenvalue weighted by molar-refractivity contribution is -0.131. The Kier molecular flexibility index (Phi) is 4.24. The maximum atomic E-state index is 12.4. The second-order valence-electron chi connectivity index (χ2n) is 5.71. The Balaban J connectivity index is 1.70. The summed E-state index contributed by atoms with van der Waals surface area (Å²) < 4.78 is 0. The highest BCUT2D eigenvalue weighted by Gasteiger charge is 2.26. The van der Waals surface area contributed by atoms with Gasteiger partial charge >= 0.3 is 0 Å². The average Bonchev–Trinajstić information content (AvgIpc) is 2.57. The molecule has 1 saturated heterocycles. The van der Waals surface area contributed by atoms with Gasteiger partial charge in [-0.25, -0.2) is 4.98 Å². The quantitative estimate of drug-likeness (QED) is 0.871. The van der Waals surface area contributed by atoms with E-state index < -0.39 is 0 Å². The Bertz CT molecular complexity index is 766. The van der Waals surface area contributed by atoms with Gasteiger partial charge in [0.15, 0.2) is 0 Å². The van der Waals surface area contributed by atoms with E-state index in [1.807, 2.05) is 34.9 Å². The topological polar surface area (TPSA) is 60.2 Å². The second-order valence-corrected chi connectivity index (χ2v) is 5.71. The van der Waals surface area contributed by atoms with Gasteiger partial charge in [-0.2, -0.15) is 5.26 Å². The van der Waals surface area contributed by atoms with Gasteiger partial charge in [-0.1, -0.05) is 29.8 Å². The van der Waals surface area contributed by atoms with Gasteiger partial charge in [-0.3, -0.25) is 4.79 Å². The molecule has 1 amide bonds. The first kappa shape index (κ1) is 15.0. The van der Waals surface area contributed by atoms with Crippen molar-refractivity contribution >= 4 is 11.7 Å². The van der Waals surface area contributed by atoms with E-state index in [0.717, 1.165) is 5.56 Å². The summed E-state index contributed by atoms with van der Waals surface area (Å²) in [5.41, 5.74) is 2.84. The van der Waals surface area contributed by atoms with Crippen molar-refractivity contribution in [3.8, 4) is 6.07 Å². The molecule has 1 aliphatic heterocycles. The third-order valence-corrected chi connectivity index (χ3v) is 3.98. The number of carbonyl (C=O) groups is 1. The van der Waals surface area contributed by atoms with Crippen molar-refractivity contribution in [1.29, 1.82) is 5.26 Å². The lowest BCUT2D eigenvalue weighted by atomic mass is 10.1. The lowest BCUT2D eigenvalue weighted by Crippen LogP contribution is -2.50. The highest BCUT2D eigenvalue weighted by molar-refractivity contribution is 5.83. The molecule has 0 N–H and O–H groups in total. The molecule has 1 aromatic heterocycles. The summed E-state index contributed by atoms with van der Waals surface area (Å²) in [7, 11) is 0. The van der Waals surface area contributed by atoms with Gasteiger partial charge in [0.25, 0.3) is 0 Å². The molecule has 0 unspecified atom stereocenters. The summed E-state index contributed by atoms with van der Waals surface area (Å²) in [6.45, 7) is 4.25. The van der Waals surface area contributed by atoms with E-state index >= 15 is 0 Å². The number of hydrogen-bond acceptors (Lipinski definition) is 4. The number of benzene rings is 1. The smallest absolute Gasteiger partial charge is 0.242 e. The summed E-state index contributed by atoms with van der Waals surface area (Å²) in [5, 5.41) is 9.18. The fourth-order valence-electron chi connectivity index (χ4n) is 2.82. The first-order valence-corrected chi connectivity index (χ1v) is 7.61. The number of hydrogen-bond donors (Lipinski definition) is 0. The van der Waals surface area contributed by atoms with Crippen LogP contribution in [0.1, 0.15) is 16.7 Å². The fraction of sp³-hybridized carbons (Fsp3) is 0.278. The summed E-state index contributed by atoms with van der Waals surface area (Å²) in [5.74, 6) is 0.658. The van der Waals surface area contributed by atoms with E-state index in [0.29, 0.717) is 31.0 Å². The third-order valence-electron chi connectivity index (χ3n) is 3.98. The summed E-state index contributed by atoms with van der Waals surface area (Å²) >= 11 is 0. The first-order chi connectivity index (χ1) is 11.2. The van der Waals surface area contributed by atoms with Crippen molar-refractivity contribution < 1.29 is 4.79 Å². The molecular formula is C18H18N4O. The highest BCUT2D eigenvalue weighted by Crippen LogP contribution is 2.19. The molecular weight excluding hydrogens is 288 g/mol. The predicted molar refractivity (Wildman–Crippen MR) is 87.8 cm³/mol. The minimum absolute atomic E-state index is 0.0623. The maximum absolute atomic E-state index is 12.4. The Hall–Kier alpha value is -2.87. The van der Waals surface area contributed by atoms with Gasteiger partial charge < -0.3 is 9.80 Å². The van der Waals surface area contributed by atoms with Crippen LogP contribution < -0.4 is 4.90 Å². The van der Waals surface area contributed by atoms with E-state index in [4.69, 9.17) is 0 Å². The summed E-state index contributed by atoms with van der Waals surface area (Å²) in [6, 6.07) is 13.8. The molecule has 116 valence electrons. The zero-order valence-corrected chi connectivity index (χ0v) is 13.1. The minimum atomic E-state index is 0.0623. The number of pyridine rings is 1. The third kappa shape index (κ3) is 3.32. The van der Waals surface area contributed by atoms with Gasteiger partial charge in [0.05, 0.1) is 12.1 Å². The van der Waals surface area contributed by atoms with E-state index in [1.165, 1.54) is 5.56 Å². The lowest BCUT2D eigenvalue weighted by Gasteiger charge is -2.35. The van der Waals surface area contributed by atoms with Crippen LogP contribution in [0.4, 0.5) is 5.82 Å². The van der Waals surface area contributed by atoms with E-state index in [9.17, 15) is 10.1 Å². The number of aromatic nitrogens is 1. The number of anilines is 1. The van der Waals surface area contributed by atoms with Crippen molar-refractivity contribution in [1.82, 2.24) is 9.88 Å². The largest absolute Gasteiger partial charge is 0.344 e. The van der Waals surface area contributed by atoms with Crippen LogP contribution in [0, 0.1) is 18.3 Å². The number of piperazine rings is 1. The Labute approximate surface area is 135 Å². The van der Waals surface area contributed by atoms with Crippen LogP contribution in [0.2, 0.25) is 0 Å². The van der Waals surface area contributed by atoms with Gasteiger partial charge in [-0.15, -0.1) is 0 Å². The molecule has 3 rings (SSSR count). The van der Waals surface area contributed by atoms with Crippen molar-refractivity contribution in [2.24, 2.45) is 0 Å². The first-order valence-electron chi connectivity index (χ1n) is 7.61. The number of nitriles is 1. The van der Waals surface area contributed by atoms with Crippen LogP contribution in [0.3, 0.4) is 0 Å². The van der Waals surface area contributed by atoms with Gasteiger partial charge in [0.2, 0.25) is 5.91 Å². The molecule has 0 spiro atoms. The maximum Gasteiger partial charge on any atom is 0.242 e. The molecule has 1 aromatic carbocycles. The van der Waals surface area contributed by atoms with Crippen molar-refractivity contribution in [3.63, 3.8) is 0 Å². The van der Waals surface area contributed by atoms with Crippen LogP contribution in [0.25, 0.3) is 0 Å². The Morgan fingerprint density at radius 3 is 2.87 bits per heavy atom. The molecule has 0 bridgehead atoms. The summed E-state index contributed by atoms with van der Waals surface area (Å²) in [6.07, 6.45) is 1.65. The monoisotopic (exact) mass is 306 g/mol. The van der Waals surface area contributed by atoms with E-state index in [2.05, 4.69) is 17.1 Å². The van der Waals surface area contributed by atoms with E-state index in [-0.39, 0.29) is 12.5 Å². The molecule has 2 aromatic rings. The molecule has 0 atom stereocenters. The molecule has 1 fully saturated rings. The zero-order valence-electron chi connectivity index (χ0n) is 13.1. The molecule has 0 aliphatic carbocycles. The zero-order chi connectivity index (χ0) is 16.2. The standard InChI is InChI=1S/C18H18N4O/c1-14-4-2-5-15(10-14)12-21-8-9-22(13-17(21)23)18-16(11-19)6-3-7-20-18/h2-7,10H,8-9,12-13H2,1H3. The Morgan fingerprint density at radius 1 is 1.26 bits per heavy atom. The molecule has 0 radical (unpaired) electrons. The number of aryl methyl sites for hydroxylation is 1. The van der Waals surface area contributed by atoms with Crippen molar-refractivity contribution in [2.75, 3.05) is 24.5 Å². The second kappa shape index (κ2) is 6.49. The normalized spacial score (nSPS) is 14.7. The molecule has 0 saturated carbocycles. The summed E-state index contributed by atoms with van der Waals surface area (Å²) in [4.78, 5) is 20.4. The van der Waals surface area contributed by atoms with Crippen LogP contribution >= 0.6 is 0 Å². The molecule has 1 aliphatic rings. The predicted octanol–water partition coefficient (Wildman–Crippen LogP) is 2.11. The van der Waals surface area contributed by atoms with Gasteiger partial charge in [-0.05, 0) is 24.6 Å². The highest BCUT2D eigenvalue weighted by atomic mass is 16.2. The number of nitrogens with zero attached hydrogens (tertiary/aromatic N) is 4. The van der Waals surface area contributed by atoms with Crippen LogP contribution in [0.5, 0.6) is 0 Å². The number of rotatable bonds is 3. The average molecular weight is 306 g/mol. The van der Waals surface area contributed by atoms with Gasteiger partial charge in [0, 0.05) is 25.8 Å². The molecule has 2 heterocycles. The molecule has 5 nitrogen and oxygen atoms in total. The van der Waals surface area contributed by atoms with E-state index in [1.54, 1.807) is 18.3 Å². The SMILES string of the molecule is Cc1cccc(CN2CCN(c3ncccc3C#N)CC2=O)c1. The van der Waals surface area contributed by atoms with Crippen LogP contribution in [-0.2, 0) is 11.3 Å². The molecule has 23 heavy (non-hydrogen) atoms. The minimum Gasteiger partial charge on any atom is -0.344 e. The van der Waals surface area contributed by atoms with Crippen LogP contribution in [0.15, 0.2) is 42.6 Å². The van der Waals surface area contributed by atoms with Crippen molar-refractivity contribution in [3.05, 3.63) is 59.3 Å². The Morgan fingerprint density at radius 2 is 2.13 bits per heavy atom. The van der Waals surface area contributed by atoms with Crippen molar-refractivity contribution in [2.45, 2.75) is 13.5 Å². The molecule has 5 heteroatoms. The number of carbonyl (C=O) groups excluding carboxylic acids is 1.